The molecule has 1 fully saturated rings. The van der Waals surface area contributed by atoms with Gasteiger partial charge in [-0.25, -0.2) is 0 Å². The van der Waals surface area contributed by atoms with Crippen LogP contribution in [0, 0.1) is 6.92 Å². The highest BCUT2D eigenvalue weighted by Crippen LogP contribution is 2.20. The van der Waals surface area contributed by atoms with E-state index in [1.165, 1.54) is 18.5 Å². The molecule has 1 saturated heterocycles. The molecule has 0 amide bonds. The Kier molecular flexibility index (Phi) is 3.07. The second-order valence-corrected chi connectivity index (χ2v) is 4.24. The van der Waals surface area contributed by atoms with E-state index in [1.807, 2.05) is 4.68 Å². The van der Waals surface area contributed by atoms with E-state index in [1.54, 1.807) is 0 Å². The fourth-order valence-corrected chi connectivity index (χ4v) is 2.06. The van der Waals surface area contributed by atoms with Gasteiger partial charge in [0.05, 0.1) is 5.69 Å². The number of aromatic nitrogens is 2. The number of rotatable bonds is 4. The van der Waals surface area contributed by atoms with Gasteiger partial charge in [-0.1, -0.05) is 0 Å². The van der Waals surface area contributed by atoms with Crippen LogP contribution in [0.15, 0.2) is 6.20 Å². The molecule has 0 saturated carbocycles. The van der Waals surface area contributed by atoms with Crippen LogP contribution in [0.2, 0.25) is 0 Å². The van der Waals surface area contributed by atoms with Crippen LogP contribution in [0.1, 0.15) is 24.6 Å². The number of aryl methyl sites for hydroxylation is 2. The lowest BCUT2D eigenvalue weighted by Gasteiger charge is -2.40. The van der Waals surface area contributed by atoms with E-state index in [9.17, 15) is 0 Å². The SMILES string of the molecule is CCn1cc(CN2CCC2CN)c(C)n1. The van der Waals surface area contributed by atoms with Crippen molar-refractivity contribution in [2.24, 2.45) is 5.73 Å². The first-order valence-electron chi connectivity index (χ1n) is 5.71. The molecule has 0 radical (unpaired) electrons. The molecule has 1 atom stereocenters. The van der Waals surface area contributed by atoms with Crippen molar-refractivity contribution in [1.29, 1.82) is 0 Å². The molecule has 4 nitrogen and oxygen atoms in total. The Morgan fingerprint density at radius 3 is 2.87 bits per heavy atom. The molecule has 0 spiro atoms. The summed E-state index contributed by atoms with van der Waals surface area (Å²) in [4.78, 5) is 2.43. The van der Waals surface area contributed by atoms with Gasteiger partial charge in [0, 0.05) is 44.0 Å². The van der Waals surface area contributed by atoms with Crippen LogP contribution in [0.25, 0.3) is 0 Å². The first-order chi connectivity index (χ1) is 7.24. The summed E-state index contributed by atoms with van der Waals surface area (Å²) in [6, 6.07) is 0.592. The first-order valence-corrected chi connectivity index (χ1v) is 5.71. The second kappa shape index (κ2) is 4.33. The average molecular weight is 208 g/mol. The zero-order chi connectivity index (χ0) is 10.8. The molecule has 1 aromatic heterocycles. The fourth-order valence-electron chi connectivity index (χ4n) is 2.06. The van der Waals surface area contributed by atoms with Crippen molar-refractivity contribution in [1.82, 2.24) is 14.7 Å². The van der Waals surface area contributed by atoms with Crippen LogP contribution in [0.5, 0.6) is 0 Å². The van der Waals surface area contributed by atoms with E-state index in [0.717, 1.165) is 25.3 Å². The third-order valence-corrected chi connectivity index (χ3v) is 3.28. The van der Waals surface area contributed by atoms with E-state index in [2.05, 4.69) is 30.0 Å². The smallest absolute Gasteiger partial charge is 0.0638 e. The van der Waals surface area contributed by atoms with Gasteiger partial charge < -0.3 is 5.73 Å². The molecule has 1 aromatic rings. The summed E-state index contributed by atoms with van der Waals surface area (Å²) in [7, 11) is 0. The number of nitrogens with zero attached hydrogens (tertiary/aromatic N) is 3. The molecule has 2 N–H and O–H groups in total. The zero-order valence-corrected chi connectivity index (χ0v) is 9.61. The molecule has 84 valence electrons. The Morgan fingerprint density at radius 1 is 1.60 bits per heavy atom. The maximum Gasteiger partial charge on any atom is 0.0638 e. The fraction of sp³-hybridized carbons (Fsp3) is 0.727. The first kappa shape index (κ1) is 10.6. The van der Waals surface area contributed by atoms with Crippen LogP contribution < -0.4 is 5.73 Å². The lowest BCUT2D eigenvalue weighted by atomic mass is 10.0. The highest BCUT2D eigenvalue weighted by Gasteiger charge is 2.26. The van der Waals surface area contributed by atoms with Crippen molar-refractivity contribution in [3.63, 3.8) is 0 Å². The van der Waals surface area contributed by atoms with Crippen molar-refractivity contribution in [2.75, 3.05) is 13.1 Å². The molecule has 0 aromatic carbocycles. The van der Waals surface area contributed by atoms with Gasteiger partial charge in [-0.3, -0.25) is 9.58 Å². The van der Waals surface area contributed by atoms with Gasteiger partial charge in [0.25, 0.3) is 0 Å². The van der Waals surface area contributed by atoms with Crippen LogP contribution in [-0.4, -0.2) is 33.8 Å². The van der Waals surface area contributed by atoms with Crippen molar-refractivity contribution < 1.29 is 0 Å². The Hall–Kier alpha value is -0.870. The Labute approximate surface area is 91.1 Å². The molecule has 2 rings (SSSR count). The quantitative estimate of drug-likeness (QED) is 0.794. The van der Waals surface area contributed by atoms with E-state index in [0.29, 0.717) is 6.04 Å². The normalized spacial score (nSPS) is 21.7. The highest BCUT2D eigenvalue weighted by atomic mass is 15.3. The van der Waals surface area contributed by atoms with Gasteiger partial charge >= 0.3 is 0 Å². The second-order valence-electron chi connectivity index (χ2n) is 4.24. The molecule has 0 bridgehead atoms. The van der Waals surface area contributed by atoms with Crippen molar-refractivity contribution in [3.05, 3.63) is 17.5 Å². The third-order valence-electron chi connectivity index (χ3n) is 3.28. The van der Waals surface area contributed by atoms with E-state index >= 15 is 0 Å². The molecule has 0 aliphatic carbocycles. The van der Waals surface area contributed by atoms with E-state index < -0.39 is 0 Å². The van der Waals surface area contributed by atoms with Crippen LogP contribution >= 0.6 is 0 Å². The zero-order valence-electron chi connectivity index (χ0n) is 9.61. The monoisotopic (exact) mass is 208 g/mol. The summed E-state index contributed by atoms with van der Waals surface area (Å²) in [6.45, 7) is 8.11. The number of hydrogen-bond donors (Lipinski definition) is 1. The highest BCUT2D eigenvalue weighted by molar-refractivity contribution is 5.16. The maximum atomic E-state index is 5.68. The molecule has 1 aliphatic heterocycles. The topological polar surface area (TPSA) is 47.1 Å². The van der Waals surface area contributed by atoms with Crippen molar-refractivity contribution >= 4 is 0 Å². The summed E-state index contributed by atoms with van der Waals surface area (Å²) in [5.41, 5.74) is 8.18. The Morgan fingerprint density at radius 2 is 2.40 bits per heavy atom. The molecule has 1 unspecified atom stereocenters. The van der Waals surface area contributed by atoms with E-state index in [4.69, 9.17) is 5.73 Å². The van der Waals surface area contributed by atoms with Gasteiger partial charge in [-0.2, -0.15) is 5.10 Å². The molecule has 15 heavy (non-hydrogen) atoms. The van der Waals surface area contributed by atoms with Gasteiger partial charge in [0.2, 0.25) is 0 Å². The summed E-state index contributed by atoms with van der Waals surface area (Å²) < 4.78 is 2.00. The largest absolute Gasteiger partial charge is 0.329 e. The van der Waals surface area contributed by atoms with E-state index in [-0.39, 0.29) is 0 Å². The molecular formula is C11H20N4. The molecule has 1 aliphatic rings. The minimum absolute atomic E-state index is 0.592. The predicted octanol–water partition coefficient (Wildman–Crippen LogP) is 0.744. The standard InChI is InChI=1S/C11H20N4/c1-3-15-8-10(9(2)13-15)7-14-5-4-11(14)6-12/h8,11H,3-7,12H2,1-2H3. The summed E-state index contributed by atoms with van der Waals surface area (Å²) in [5, 5.41) is 4.45. The minimum atomic E-state index is 0.592. The van der Waals surface area contributed by atoms with Gasteiger partial charge in [0.1, 0.15) is 0 Å². The van der Waals surface area contributed by atoms with Crippen molar-refractivity contribution in [2.45, 2.75) is 39.4 Å². The number of hydrogen-bond acceptors (Lipinski definition) is 3. The lowest BCUT2D eigenvalue weighted by Crippen LogP contribution is -2.50. The molecule has 4 heteroatoms. The summed E-state index contributed by atoms with van der Waals surface area (Å²) in [5.74, 6) is 0. The van der Waals surface area contributed by atoms with Gasteiger partial charge in [0.15, 0.2) is 0 Å². The molecule has 2 heterocycles. The van der Waals surface area contributed by atoms with Gasteiger partial charge in [-0.15, -0.1) is 0 Å². The molecular weight excluding hydrogens is 188 g/mol. The Bertz CT molecular complexity index is 329. The van der Waals surface area contributed by atoms with Crippen LogP contribution in [0.3, 0.4) is 0 Å². The summed E-state index contributed by atoms with van der Waals surface area (Å²) >= 11 is 0. The maximum absolute atomic E-state index is 5.68. The van der Waals surface area contributed by atoms with Gasteiger partial charge in [-0.05, 0) is 20.3 Å². The van der Waals surface area contributed by atoms with Crippen LogP contribution in [0.4, 0.5) is 0 Å². The minimum Gasteiger partial charge on any atom is -0.329 e. The summed E-state index contributed by atoms with van der Waals surface area (Å²) in [6.07, 6.45) is 3.40. The predicted molar refractivity (Wildman–Crippen MR) is 60.5 cm³/mol. The third kappa shape index (κ3) is 2.06. The average Bonchev–Trinajstić information content (AvgIpc) is 2.55. The number of nitrogens with two attached hydrogens (primary N) is 1. The van der Waals surface area contributed by atoms with Crippen LogP contribution in [-0.2, 0) is 13.1 Å². The van der Waals surface area contributed by atoms with Crippen molar-refractivity contribution in [3.8, 4) is 0 Å². The lowest BCUT2D eigenvalue weighted by molar-refractivity contribution is 0.0880. The number of likely N-dealkylation sites (tertiary alicyclic amines) is 1. The Balaban J connectivity index is 2.01.